The van der Waals surface area contributed by atoms with Gasteiger partial charge in [-0.1, -0.05) is 18.2 Å². The van der Waals surface area contributed by atoms with E-state index in [4.69, 9.17) is 0 Å². The van der Waals surface area contributed by atoms with Gasteiger partial charge in [0, 0.05) is 36.7 Å². The van der Waals surface area contributed by atoms with Gasteiger partial charge in [0.1, 0.15) is 34.2 Å². The molecule has 13 heteroatoms. The summed E-state index contributed by atoms with van der Waals surface area (Å²) in [6.07, 6.45) is 4.34. The van der Waals surface area contributed by atoms with Gasteiger partial charge >= 0.3 is 0 Å². The normalized spacial score (nSPS) is 26.0. The van der Waals surface area contributed by atoms with Crippen LogP contribution >= 0.6 is 0 Å². The molecule has 248 valence electrons. The van der Waals surface area contributed by atoms with Gasteiger partial charge in [0.2, 0.25) is 5.91 Å². The highest BCUT2D eigenvalue weighted by Gasteiger charge is 2.42. The maximum absolute atomic E-state index is 15.9. The molecule has 2 fully saturated rings. The van der Waals surface area contributed by atoms with Gasteiger partial charge in [-0.3, -0.25) is 14.2 Å². The van der Waals surface area contributed by atoms with Gasteiger partial charge < -0.3 is 15.1 Å². The first-order chi connectivity index (χ1) is 21.9. The predicted molar refractivity (Wildman–Crippen MR) is 173 cm³/mol. The molecule has 1 atom stereocenters. The van der Waals surface area contributed by atoms with E-state index >= 15 is 8.78 Å². The van der Waals surface area contributed by atoms with Gasteiger partial charge in [-0.2, -0.15) is 0 Å². The monoisotopic (exact) mass is 656 g/mol. The van der Waals surface area contributed by atoms with Crippen LogP contribution in [0, 0.1) is 5.92 Å². The Bertz CT molecular complexity index is 1760. The van der Waals surface area contributed by atoms with Gasteiger partial charge in [-0.15, -0.1) is 0 Å². The molecule has 0 saturated carbocycles. The molecule has 10 nitrogen and oxygen atoms in total. The van der Waals surface area contributed by atoms with Crippen LogP contribution in [0.4, 0.5) is 14.6 Å². The maximum atomic E-state index is 15.9. The topological polar surface area (TPSA) is 118 Å². The summed E-state index contributed by atoms with van der Waals surface area (Å²) in [6, 6.07) is 7.81. The fourth-order valence-electron chi connectivity index (χ4n) is 7.08. The minimum atomic E-state index is -3.17. The zero-order valence-corrected chi connectivity index (χ0v) is 27.2. The van der Waals surface area contributed by atoms with E-state index in [0.717, 1.165) is 19.4 Å². The number of nitrogens with one attached hydrogen (secondary N) is 1. The van der Waals surface area contributed by atoms with E-state index in [2.05, 4.69) is 20.2 Å². The second kappa shape index (κ2) is 13.0. The number of aromatic nitrogens is 3. The summed E-state index contributed by atoms with van der Waals surface area (Å²) in [5.41, 5.74) is 0.996. The van der Waals surface area contributed by atoms with Crippen molar-refractivity contribution in [2.45, 2.75) is 69.9 Å². The maximum Gasteiger partial charge on any atom is 0.276 e. The Kier molecular flexibility index (Phi) is 9.17. The third-order valence-electron chi connectivity index (χ3n) is 10.1. The molecule has 0 radical (unpaired) electrons. The van der Waals surface area contributed by atoms with Crippen LogP contribution in [0.3, 0.4) is 0 Å². The van der Waals surface area contributed by atoms with Crippen LogP contribution in [-0.4, -0.2) is 83.4 Å². The number of piperidine rings is 1. The SMILES string of the molecule is C[C@H]1Nc2ncnc3c2cc(C2CCS(=O)(=O)CC2)c(=O)n3CC(=O)N(C)CCCCN2CCC(CC2)C(F)(F)c2cccc1c2. The van der Waals surface area contributed by atoms with Crippen molar-refractivity contribution in [3.05, 3.63) is 63.7 Å². The molecule has 46 heavy (non-hydrogen) atoms. The van der Waals surface area contributed by atoms with Crippen molar-refractivity contribution in [2.75, 3.05) is 50.0 Å². The predicted octanol–water partition coefficient (Wildman–Crippen LogP) is 4.31. The Balaban J connectivity index is 1.43. The zero-order valence-electron chi connectivity index (χ0n) is 26.4. The first-order valence-corrected chi connectivity index (χ1v) is 18.0. The van der Waals surface area contributed by atoms with E-state index in [1.165, 1.54) is 17.0 Å². The minimum absolute atomic E-state index is 0.000428. The van der Waals surface area contributed by atoms with Crippen LogP contribution < -0.4 is 10.9 Å². The summed E-state index contributed by atoms with van der Waals surface area (Å²) in [7, 11) is -1.45. The Morgan fingerprint density at radius 3 is 2.41 bits per heavy atom. The van der Waals surface area contributed by atoms with E-state index in [9.17, 15) is 18.0 Å². The third-order valence-corrected chi connectivity index (χ3v) is 11.8. The molecule has 3 aromatic rings. The lowest BCUT2D eigenvalue weighted by Crippen LogP contribution is -2.40. The average molecular weight is 657 g/mol. The van der Waals surface area contributed by atoms with Crippen LogP contribution in [0.15, 0.2) is 41.5 Å². The van der Waals surface area contributed by atoms with Crippen molar-refractivity contribution in [1.29, 1.82) is 0 Å². The number of amides is 1. The number of likely N-dealkylation sites (N-methyl/N-ethyl adjacent to an activating group) is 1. The van der Waals surface area contributed by atoms with Crippen LogP contribution in [0.5, 0.6) is 0 Å². The average Bonchev–Trinajstić information content (AvgIpc) is 3.04. The van der Waals surface area contributed by atoms with Gasteiger partial charge in [-0.05, 0) is 88.7 Å². The highest BCUT2D eigenvalue weighted by atomic mass is 32.2. The number of fused-ring (bicyclic) bond motifs is 9. The van der Waals surface area contributed by atoms with Crippen molar-refractivity contribution in [2.24, 2.45) is 5.92 Å². The van der Waals surface area contributed by atoms with Crippen LogP contribution in [0.1, 0.15) is 74.1 Å². The quantitative estimate of drug-likeness (QED) is 0.412. The Morgan fingerprint density at radius 1 is 0.957 bits per heavy atom. The first-order valence-electron chi connectivity index (χ1n) is 16.2. The number of hydrogen-bond acceptors (Lipinski definition) is 8. The summed E-state index contributed by atoms with van der Waals surface area (Å²) in [6.45, 7) is 4.14. The molecular weight excluding hydrogens is 614 g/mol. The number of carbonyl (C=O) groups excluding carboxylic acids is 1. The molecule has 0 unspecified atom stereocenters. The molecule has 7 rings (SSSR count). The molecule has 1 aromatic carbocycles. The molecule has 6 heterocycles. The Labute approximate surface area is 268 Å². The van der Waals surface area contributed by atoms with E-state index < -0.39 is 27.7 Å². The molecule has 0 spiro atoms. The van der Waals surface area contributed by atoms with Crippen LogP contribution in [0.25, 0.3) is 11.0 Å². The van der Waals surface area contributed by atoms with Crippen LogP contribution in [0.2, 0.25) is 0 Å². The van der Waals surface area contributed by atoms with E-state index in [-0.39, 0.29) is 46.6 Å². The first kappa shape index (κ1) is 32.5. The number of carbonyl (C=O) groups is 1. The molecule has 4 aliphatic rings. The minimum Gasteiger partial charge on any atom is -0.363 e. The lowest BCUT2D eigenvalue weighted by Gasteiger charge is -2.36. The van der Waals surface area contributed by atoms with E-state index in [1.807, 2.05) is 6.92 Å². The number of pyridine rings is 1. The number of halogens is 2. The van der Waals surface area contributed by atoms with Gasteiger partial charge in [0.25, 0.3) is 11.5 Å². The van der Waals surface area contributed by atoms with Gasteiger partial charge in [-0.25, -0.2) is 27.2 Å². The Hall–Kier alpha value is -3.45. The summed E-state index contributed by atoms with van der Waals surface area (Å²) >= 11 is 0. The molecule has 2 saturated heterocycles. The highest BCUT2D eigenvalue weighted by molar-refractivity contribution is 7.91. The molecule has 4 aliphatic heterocycles. The van der Waals surface area contributed by atoms with Gasteiger partial charge in [0.15, 0.2) is 0 Å². The highest BCUT2D eigenvalue weighted by Crippen LogP contribution is 2.42. The molecule has 8 bridgehead atoms. The number of rotatable bonds is 1. The third kappa shape index (κ3) is 6.67. The number of nitrogens with zero attached hydrogens (tertiary/aromatic N) is 5. The molecule has 1 amide bonds. The van der Waals surface area contributed by atoms with E-state index in [0.29, 0.717) is 67.6 Å². The Morgan fingerprint density at radius 2 is 1.67 bits per heavy atom. The summed E-state index contributed by atoms with van der Waals surface area (Å²) in [5, 5.41) is 3.86. The zero-order chi connectivity index (χ0) is 32.6. The fourth-order valence-corrected chi connectivity index (χ4v) is 8.57. The van der Waals surface area contributed by atoms with Crippen molar-refractivity contribution < 1.29 is 22.0 Å². The number of alkyl halides is 2. The number of sulfone groups is 1. The summed E-state index contributed by atoms with van der Waals surface area (Å²) in [5.74, 6) is -3.87. The molecule has 2 aromatic heterocycles. The number of anilines is 1. The lowest BCUT2D eigenvalue weighted by atomic mass is 9.85. The molecule has 0 aliphatic carbocycles. The van der Waals surface area contributed by atoms with Crippen molar-refractivity contribution in [3.8, 4) is 0 Å². The van der Waals surface area contributed by atoms with Crippen LogP contribution in [-0.2, 0) is 27.1 Å². The standard InChI is InChI=1S/C33H42F2N6O4S/c1-22-24-6-5-7-26(18-24)33(34,35)25-8-14-40(15-9-25)13-4-3-12-39(2)29(42)20-41-31-28(30(38-22)36-21-37-31)19-27(32(41)43)23-10-16-46(44,45)17-11-23/h5-7,18-19,21-23,25H,3-4,8-17,20H2,1-2H3,(H,36,37,38)/t22-/m1/s1. The van der Waals surface area contributed by atoms with E-state index in [1.54, 1.807) is 36.2 Å². The second-order valence-electron chi connectivity index (χ2n) is 13.1. The second-order valence-corrected chi connectivity index (χ2v) is 15.4. The van der Waals surface area contributed by atoms with Crippen molar-refractivity contribution in [1.82, 2.24) is 24.3 Å². The van der Waals surface area contributed by atoms with Crippen molar-refractivity contribution >= 4 is 32.6 Å². The summed E-state index contributed by atoms with van der Waals surface area (Å²) < 4.78 is 57.5. The largest absolute Gasteiger partial charge is 0.363 e. The summed E-state index contributed by atoms with van der Waals surface area (Å²) in [4.78, 5) is 40.2. The molecular formula is C33H42F2N6O4S. The smallest absolute Gasteiger partial charge is 0.276 e. The molecule has 1 N–H and O–H groups in total. The number of benzene rings is 1. The van der Waals surface area contributed by atoms with Crippen molar-refractivity contribution in [3.63, 3.8) is 0 Å². The lowest BCUT2D eigenvalue weighted by molar-refractivity contribution is -0.130. The fraction of sp³-hybridized carbons (Fsp3) is 0.576. The number of hydrogen-bond donors (Lipinski definition) is 1. The van der Waals surface area contributed by atoms with Gasteiger partial charge in [0.05, 0.1) is 16.9 Å².